The molecule has 0 radical (unpaired) electrons. The summed E-state index contributed by atoms with van der Waals surface area (Å²) in [5, 5.41) is 0. The van der Waals surface area contributed by atoms with Crippen LogP contribution in [0, 0.1) is 6.92 Å². The zero-order chi connectivity index (χ0) is 15.1. The number of hydrogen-bond donors (Lipinski definition) is 1. The van der Waals surface area contributed by atoms with Crippen LogP contribution in [0.1, 0.15) is 23.1 Å². The van der Waals surface area contributed by atoms with Crippen molar-refractivity contribution < 1.29 is 9.47 Å². The topological polar surface area (TPSA) is 44.5 Å². The summed E-state index contributed by atoms with van der Waals surface area (Å²) < 4.78 is 11.3. The molecule has 0 aromatic heterocycles. The molecule has 0 fully saturated rings. The fourth-order valence-electron chi connectivity index (χ4n) is 2.26. The molecule has 0 amide bonds. The molecule has 3 heteroatoms. The van der Waals surface area contributed by atoms with Crippen molar-refractivity contribution in [2.45, 2.75) is 26.4 Å². The van der Waals surface area contributed by atoms with E-state index in [1.54, 1.807) is 7.11 Å². The van der Waals surface area contributed by atoms with Gasteiger partial charge in [-0.15, -0.1) is 0 Å². The quantitative estimate of drug-likeness (QED) is 0.847. The minimum Gasteiger partial charge on any atom is -0.493 e. The average molecular weight is 285 g/mol. The van der Waals surface area contributed by atoms with Gasteiger partial charge in [0.2, 0.25) is 0 Å². The maximum atomic E-state index is 5.93. The Labute approximate surface area is 126 Å². The third-order valence-electron chi connectivity index (χ3n) is 3.37. The number of ether oxygens (including phenoxy) is 2. The highest BCUT2D eigenvalue weighted by Crippen LogP contribution is 2.29. The number of methoxy groups -OCH3 is 1. The van der Waals surface area contributed by atoms with Crippen LogP contribution in [-0.2, 0) is 13.0 Å². The molecule has 21 heavy (non-hydrogen) atoms. The van der Waals surface area contributed by atoms with Crippen molar-refractivity contribution in [3.8, 4) is 11.5 Å². The van der Waals surface area contributed by atoms with Gasteiger partial charge in [-0.2, -0.15) is 0 Å². The summed E-state index contributed by atoms with van der Waals surface area (Å²) in [4.78, 5) is 0. The molecule has 112 valence electrons. The van der Waals surface area contributed by atoms with Gasteiger partial charge in [0.15, 0.2) is 11.5 Å². The van der Waals surface area contributed by atoms with Crippen molar-refractivity contribution in [3.63, 3.8) is 0 Å². The number of aryl methyl sites for hydroxylation is 2. The third kappa shape index (κ3) is 4.50. The van der Waals surface area contributed by atoms with Crippen LogP contribution in [0.2, 0.25) is 0 Å². The lowest BCUT2D eigenvalue weighted by molar-refractivity contribution is 0.284. The first-order valence-corrected chi connectivity index (χ1v) is 7.28. The van der Waals surface area contributed by atoms with E-state index in [2.05, 4.69) is 31.2 Å². The van der Waals surface area contributed by atoms with E-state index in [1.807, 2.05) is 18.2 Å². The van der Waals surface area contributed by atoms with Gasteiger partial charge >= 0.3 is 0 Å². The molecule has 2 N–H and O–H groups in total. The molecular weight excluding hydrogens is 262 g/mol. The fourth-order valence-corrected chi connectivity index (χ4v) is 2.26. The second kappa shape index (κ2) is 7.70. The summed E-state index contributed by atoms with van der Waals surface area (Å²) >= 11 is 0. The van der Waals surface area contributed by atoms with Gasteiger partial charge in [-0.3, -0.25) is 0 Å². The molecule has 0 unspecified atom stereocenters. The molecule has 0 heterocycles. The van der Waals surface area contributed by atoms with Gasteiger partial charge in [-0.05, 0) is 49.6 Å². The SMILES string of the molecule is COc1ccc(CCCN)cc1OCc1cccc(C)c1. The van der Waals surface area contributed by atoms with E-state index in [0.29, 0.717) is 13.2 Å². The Morgan fingerprint density at radius 3 is 2.57 bits per heavy atom. The standard InChI is InChI=1S/C18H23NO2/c1-14-5-3-6-16(11-14)13-21-18-12-15(7-4-10-19)8-9-17(18)20-2/h3,5-6,8-9,11-12H,4,7,10,13,19H2,1-2H3. The van der Waals surface area contributed by atoms with Crippen molar-refractivity contribution in [2.75, 3.05) is 13.7 Å². The fraction of sp³-hybridized carbons (Fsp3) is 0.333. The van der Waals surface area contributed by atoms with Gasteiger partial charge in [0.25, 0.3) is 0 Å². The zero-order valence-electron chi connectivity index (χ0n) is 12.8. The van der Waals surface area contributed by atoms with Gasteiger partial charge < -0.3 is 15.2 Å². The van der Waals surface area contributed by atoms with Crippen LogP contribution in [0.4, 0.5) is 0 Å². The van der Waals surface area contributed by atoms with Gasteiger partial charge in [0.05, 0.1) is 7.11 Å². The molecule has 0 spiro atoms. The Balaban J connectivity index is 2.09. The summed E-state index contributed by atoms with van der Waals surface area (Å²) in [5.74, 6) is 1.55. The Hall–Kier alpha value is -2.00. The van der Waals surface area contributed by atoms with Crippen LogP contribution in [0.3, 0.4) is 0 Å². The Bertz CT molecular complexity index is 581. The molecule has 0 bridgehead atoms. The Morgan fingerprint density at radius 1 is 1.00 bits per heavy atom. The second-order valence-corrected chi connectivity index (χ2v) is 5.16. The van der Waals surface area contributed by atoms with Gasteiger partial charge in [0.1, 0.15) is 6.61 Å². The van der Waals surface area contributed by atoms with Gasteiger partial charge in [0, 0.05) is 0 Å². The molecule has 2 rings (SSSR count). The summed E-state index contributed by atoms with van der Waals surface area (Å²) in [6.45, 7) is 3.32. The summed E-state index contributed by atoms with van der Waals surface area (Å²) in [6.07, 6.45) is 1.94. The smallest absolute Gasteiger partial charge is 0.161 e. The van der Waals surface area contributed by atoms with Gasteiger partial charge in [-0.1, -0.05) is 35.9 Å². The molecule has 0 aliphatic rings. The van der Waals surface area contributed by atoms with Crippen LogP contribution in [0.5, 0.6) is 11.5 Å². The molecule has 0 aliphatic carbocycles. The normalized spacial score (nSPS) is 10.4. The van der Waals surface area contributed by atoms with Gasteiger partial charge in [-0.25, -0.2) is 0 Å². The molecule has 0 aliphatic heterocycles. The van der Waals surface area contributed by atoms with Crippen LogP contribution in [-0.4, -0.2) is 13.7 Å². The van der Waals surface area contributed by atoms with Crippen LogP contribution in [0.25, 0.3) is 0 Å². The highest BCUT2D eigenvalue weighted by Gasteiger charge is 2.06. The average Bonchev–Trinajstić information content (AvgIpc) is 2.51. The van der Waals surface area contributed by atoms with E-state index in [9.17, 15) is 0 Å². The lowest BCUT2D eigenvalue weighted by Crippen LogP contribution is -2.02. The van der Waals surface area contributed by atoms with Crippen molar-refractivity contribution >= 4 is 0 Å². The van der Waals surface area contributed by atoms with E-state index in [0.717, 1.165) is 29.9 Å². The van der Waals surface area contributed by atoms with E-state index in [1.165, 1.54) is 11.1 Å². The van der Waals surface area contributed by atoms with E-state index < -0.39 is 0 Å². The summed E-state index contributed by atoms with van der Waals surface area (Å²) in [7, 11) is 1.66. The van der Waals surface area contributed by atoms with Crippen LogP contribution >= 0.6 is 0 Å². The number of nitrogens with two attached hydrogens (primary N) is 1. The minimum absolute atomic E-state index is 0.540. The highest BCUT2D eigenvalue weighted by atomic mass is 16.5. The van der Waals surface area contributed by atoms with Crippen molar-refractivity contribution in [1.82, 2.24) is 0 Å². The number of benzene rings is 2. The Kier molecular flexibility index (Phi) is 5.64. The molecule has 3 nitrogen and oxygen atoms in total. The predicted octanol–water partition coefficient (Wildman–Crippen LogP) is 3.47. The summed E-state index contributed by atoms with van der Waals surface area (Å²) in [6, 6.07) is 14.4. The first-order valence-electron chi connectivity index (χ1n) is 7.28. The molecule has 0 saturated carbocycles. The first kappa shape index (κ1) is 15.4. The van der Waals surface area contributed by atoms with Crippen molar-refractivity contribution in [1.29, 1.82) is 0 Å². The zero-order valence-corrected chi connectivity index (χ0v) is 12.8. The molecule has 0 saturated heterocycles. The van der Waals surface area contributed by atoms with Crippen molar-refractivity contribution in [2.24, 2.45) is 5.73 Å². The Morgan fingerprint density at radius 2 is 1.86 bits per heavy atom. The maximum Gasteiger partial charge on any atom is 0.161 e. The lowest BCUT2D eigenvalue weighted by Gasteiger charge is -2.12. The molecule has 0 atom stereocenters. The van der Waals surface area contributed by atoms with E-state index >= 15 is 0 Å². The van der Waals surface area contributed by atoms with Crippen molar-refractivity contribution in [3.05, 3.63) is 59.2 Å². The lowest BCUT2D eigenvalue weighted by atomic mass is 10.1. The minimum atomic E-state index is 0.540. The highest BCUT2D eigenvalue weighted by molar-refractivity contribution is 5.43. The largest absolute Gasteiger partial charge is 0.493 e. The van der Waals surface area contributed by atoms with E-state index in [4.69, 9.17) is 15.2 Å². The molecule has 2 aromatic rings. The second-order valence-electron chi connectivity index (χ2n) is 5.16. The molecular formula is C18H23NO2. The molecule has 2 aromatic carbocycles. The monoisotopic (exact) mass is 285 g/mol. The third-order valence-corrected chi connectivity index (χ3v) is 3.37. The van der Waals surface area contributed by atoms with Crippen LogP contribution in [0.15, 0.2) is 42.5 Å². The predicted molar refractivity (Wildman–Crippen MR) is 85.9 cm³/mol. The maximum absolute atomic E-state index is 5.93. The first-order chi connectivity index (χ1) is 10.2. The number of hydrogen-bond acceptors (Lipinski definition) is 3. The van der Waals surface area contributed by atoms with Crippen LogP contribution < -0.4 is 15.2 Å². The van der Waals surface area contributed by atoms with E-state index in [-0.39, 0.29) is 0 Å². The summed E-state index contributed by atoms with van der Waals surface area (Å²) in [5.41, 5.74) is 9.18. The number of rotatable bonds is 7.